The molecule has 0 unspecified atom stereocenters. The topological polar surface area (TPSA) is 64.5 Å². The molecule has 0 atom stereocenters. The Labute approximate surface area is 405 Å². The maximum absolute atomic E-state index is 5.67. The molecule has 0 fully saturated rings. The molecule has 0 bridgehead atoms. The predicted octanol–water partition coefficient (Wildman–Crippen LogP) is 16.6. The highest BCUT2D eigenvalue weighted by Crippen LogP contribution is 2.57. The lowest BCUT2D eigenvalue weighted by Gasteiger charge is -2.41. The van der Waals surface area contributed by atoms with E-state index in [-0.39, 0.29) is 0 Å². The zero-order valence-corrected chi connectivity index (χ0v) is 37.8. The molecule has 9 aromatic carbocycles. The molecule has 0 N–H and O–H groups in total. The zero-order chi connectivity index (χ0) is 46.4. The summed E-state index contributed by atoms with van der Waals surface area (Å²) in [4.78, 5) is 30.1. The van der Waals surface area contributed by atoms with Gasteiger partial charge >= 0.3 is 0 Å². The van der Waals surface area contributed by atoms with Crippen LogP contribution in [-0.4, -0.2) is 19.9 Å². The number of nitrogens with zero attached hydrogens (tertiary/aromatic N) is 8. The van der Waals surface area contributed by atoms with Gasteiger partial charge < -0.3 is 14.7 Å². The molecule has 4 heterocycles. The largest absolute Gasteiger partial charge is 0.310 e. The van der Waals surface area contributed by atoms with Gasteiger partial charge in [0.25, 0.3) is 0 Å². The highest BCUT2D eigenvalue weighted by Gasteiger charge is 2.34. The number of hydrogen-bond acceptors (Lipinski definition) is 8. The Morgan fingerprint density at radius 1 is 0.300 bits per heavy atom. The smallest absolute Gasteiger partial charge is 0.138 e. The first-order valence-corrected chi connectivity index (χ1v) is 23.4. The first-order chi connectivity index (χ1) is 34.7. The minimum absolute atomic E-state index is 0.741. The molecule has 0 spiro atoms. The molecular weight excluding hydrogens is 857 g/mol. The van der Waals surface area contributed by atoms with E-state index < -0.39 is 0 Å². The van der Waals surface area contributed by atoms with Crippen LogP contribution in [0.2, 0.25) is 0 Å². The maximum atomic E-state index is 5.67. The molecule has 0 amide bonds. The summed E-state index contributed by atoms with van der Waals surface area (Å²) in [5, 5.41) is 1.78. The van der Waals surface area contributed by atoms with E-state index in [4.69, 9.17) is 19.9 Å². The lowest BCUT2D eigenvalue weighted by atomic mass is 10.0. The van der Waals surface area contributed by atoms with E-state index in [1.807, 2.05) is 18.2 Å². The first-order valence-electron chi connectivity index (χ1n) is 23.4. The minimum Gasteiger partial charge on any atom is -0.310 e. The van der Waals surface area contributed by atoms with Gasteiger partial charge in [-0.1, -0.05) is 121 Å². The molecule has 12 aromatic rings. The Kier molecular flexibility index (Phi) is 9.98. The quantitative estimate of drug-likeness (QED) is 0.133. The molecule has 1 aliphatic rings. The third kappa shape index (κ3) is 7.02. The van der Waals surface area contributed by atoms with Crippen molar-refractivity contribution in [1.82, 2.24) is 19.9 Å². The third-order valence-electron chi connectivity index (χ3n) is 13.0. The molecule has 0 saturated carbocycles. The van der Waals surface area contributed by atoms with Crippen molar-refractivity contribution in [1.29, 1.82) is 0 Å². The summed E-state index contributed by atoms with van der Waals surface area (Å²) in [6, 6.07) is 85.1. The predicted molar refractivity (Wildman–Crippen MR) is 288 cm³/mol. The summed E-state index contributed by atoms with van der Waals surface area (Å²) >= 11 is 0. The average molecular weight is 899 g/mol. The zero-order valence-electron chi connectivity index (χ0n) is 37.8. The highest BCUT2D eigenvalue weighted by atomic mass is 15.3. The van der Waals surface area contributed by atoms with Crippen LogP contribution in [0.4, 0.5) is 68.4 Å². The minimum atomic E-state index is 0.741. The van der Waals surface area contributed by atoms with Crippen LogP contribution in [0.15, 0.2) is 255 Å². The van der Waals surface area contributed by atoms with E-state index in [2.05, 4.69) is 244 Å². The van der Waals surface area contributed by atoms with Crippen LogP contribution in [-0.2, 0) is 0 Å². The van der Waals surface area contributed by atoms with Crippen LogP contribution in [0, 0.1) is 0 Å². The number of para-hydroxylation sites is 5. The van der Waals surface area contributed by atoms with Gasteiger partial charge in [-0.05, 0) is 121 Å². The van der Waals surface area contributed by atoms with Crippen molar-refractivity contribution >= 4 is 101 Å². The van der Waals surface area contributed by atoms with Gasteiger partial charge in [0.1, 0.15) is 11.3 Å². The molecule has 1 aliphatic heterocycles. The lowest BCUT2D eigenvalue weighted by molar-refractivity contribution is 1.13. The summed E-state index contributed by atoms with van der Waals surface area (Å²) in [7, 11) is 0. The maximum Gasteiger partial charge on any atom is 0.138 e. The number of hydrogen-bond donors (Lipinski definition) is 0. The Balaban J connectivity index is 1.09. The van der Waals surface area contributed by atoms with E-state index in [0.717, 1.165) is 112 Å². The van der Waals surface area contributed by atoms with Crippen molar-refractivity contribution < 1.29 is 0 Å². The van der Waals surface area contributed by atoms with Crippen molar-refractivity contribution in [2.75, 3.05) is 19.6 Å². The second-order valence-electron chi connectivity index (χ2n) is 17.1. The van der Waals surface area contributed by atoms with Gasteiger partial charge in [-0.25, -0.2) is 9.97 Å². The molecule has 3 aromatic heterocycles. The van der Waals surface area contributed by atoms with Crippen LogP contribution in [0.3, 0.4) is 0 Å². The Hall–Kier alpha value is -9.66. The fraction of sp³-hybridized carbons (Fsp3) is 0. The lowest BCUT2D eigenvalue weighted by Crippen LogP contribution is -2.25. The summed E-state index contributed by atoms with van der Waals surface area (Å²) in [6.45, 7) is 0. The van der Waals surface area contributed by atoms with E-state index in [1.165, 1.54) is 0 Å². The number of benzene rings is 9. The van der Waals surface area contributed by atoms with Crippen molar-refractivity contribution in [2.45, 2.75) is 0 Å². The van der Waals surface area contributed by atoms with E-state index in [9.17, 15) is 0 Å². The standard InChI is InChI=1S/C62H42N8/c1-7-19-43(20-8-1)53-35-33-51-59-60(64-40-39-63-59)52-34-38-58(66-62(52)61(51)65-53)70-54-36-31-49(67(44-21-9-2-10-22-44)45-23-11-3-12-24-45)41-56(54)69(48-29-17-6-18-30-48)57-42-50(32-37-55(57)70)68(46-25-13-4-14-26-46)47-27-15-5-16-28-47/h1-42H. The molecule has 0 aliphatic carbocycles. The van der Waals surface area contributed by atoms with E-state index >= 15 is 0 Å². The van der Waals surface area contributed by atoms with Gasteiger partial charge in [0.2, 0.25) is 0 Å². The van der Waals surface area contributed by atoms with Gasteiger partial charge in [-0.3, -0.25) is 14.9 Å². The number of rotatable bonds is 9. The number of anilines is 12. The summed E-state index contributed by atoms with van der Waals surface area (Å²) in [5.41, 5.74) is 16.1. The molecule has 330 valence electrons. The van der Waals surface area contributed by atoms with Gasteiger partial charge in [0.05, 0.1) is 45.0 Å². The molecule has 8 nitrogen and oxygen atoms in total. The molecule has 0 radical (unpaired) electrons. The SMILES string of the molecule is c1ccc(-c2ccc3c4nccnc4c4ccc(N5c6ccc(N(c7ccccc7)c7ccccc7)cc6N(c6ccccc6)c6cc(N(c7ccccc7)c7ccccc7)ccc65)nc4c3n2)cc1. The fourth-order valence-corrected chi connectivity index (χ4v) is 9.88. The van der Waals surface area contributed by atoms with Crippen LogP contribution in [0.25, 0.3) is 44.1 Å². The molecule has 70 heavy (non-hydrogen) atoms. The summed E-state index contributed by atoms with van der Waals surface area (Å²) < 4.78 is 0. The van der Waals surface area contributed by atoms with Crippen LogP contribution >= 0.6 is 0 Å². The van der Waals surface area contributed by atoms with Crippen LogP contribution in [0.1, 0.15) is 0 Å². The summed E-state index contributed by atoms with van der Waals surface area (Å²) in [5.74, 6) is 0.741. The van der Waals surface area contributed by atoms with Gasteiger partial charge in [-0.2, -0.15) is 0 Å². The normalized spacial score (nSPS) is 11.9. The number of fused-ring (bicyclic) bond motifs is 8. The van der Waals surface area contributed by atoms with Crippen molar-refractivity contribution in [3.8, 4) is 11.3 Å². The summed E-state index contributed by atoms with van der Waals surface area (Å²) in [6.07, 6.45) is 3.50. The Morgan fingerprint density at radius 2 is 0.714 bits per heavy atom. The number of aromatic nitrogens is 4. The van der Waals surface area contributed by atoms with Gasteiger partial charge in [-0.15, -0.1) is 0 Å². The van der Waals surface area contributed by atoms with Crippen molar-refractivity contribution in [2.24, 2.45) is 0 Å². The van der Waals surface area contributed by atoms with Crippen molar-refractivity contribution in [3.05, 3.63) is 255 Å². The monoisotopic (exact) mass is 898 g/mol. The van der Waals surface area contributed by atoms with Crippen molar-refractivity contribution in [3.63, 3.8) is 0 Å². The Bertz CT molecular complexity index is 3630. The number of pyridine rings is 2. The Morgan fingerprint density at radius 3 is 1.19 bits per heavy atom. The third-order valence-corrected chi connectivity index (χ3v) is 13.0. The first kappa shape index (κ1) is 40.6. The molecule has 13 rings (SSSR count). The van der Waals surface area contributed by atoms with E-state index in [0.29, 0.717) is 0 Å². The second kappa shape index (κ2) is 17.2. The average Bonchev–Trinajstić information content (AvgIpc) is 3.44. The molecule has 8 heteroatoms. The second-order valence-corrected chi connectivity index (χ2v) is 17.1. The fourth-order valence-electron chi connectivity index (χ4n) is 9.88. The van der Waals surface area contributed by atoms with E-state index in [1.54, 1.807) is 12.4 Å². The highest BCUT2D eigenvalue weighted by molar-refractivity contribution is 6.21. The van der Waals surface area contributed by atoms with Crippen LogP contribution in [0.5, 0.6) is 0 Å². The molecule has 0 saturated heterocycles. The molecular formula is C62H42N8. The van der Waals surface area contributed by atoms with Crippen LogP contribution < -0.4 is 19.6 Å². The van der Waals surface area contributed by atoms with Gasteiger partial charge in [0.15, 0.2) is 0 Å². The van der Waals surface area contributed by atoms with Gasteiger partial charge in [0, 0.05) is 68.5 Å².